The molecule has 6 heteroatoms. The predicted octanol–water partition coefficient (Wildman–Crippen LogP) is -0.225. The van der Waals surface area contributed by atoms with Gasteiger partial charge in [-0.25, -0.2) is 0 Å². The molecule has 0 aliphatic carbocycles. The first-order valence-corrected chi connectivity index (χ1v) is 4.81. The molecule has 2 aliphatic rings. The number of aliphatic carboxylic acids is 1. The van der Waals surface area contributed by atoms with Gasteiger partial charge in [-0.2, -0.15) is 0 Å². The molecule has 1 atom stereocenters. The molecule has 0 radical (unpaired) electrons. The third-order valence-corrected chi connectivity index (χ3v) is 3.16. The molecule has 0 unspecified atom stereocenters. The number of hydrogen-bond acceptors (Lipinski definition) is 4. The Morgan fingerprint density at radius 2 is 2.54 bits per heavy atom. The van der Waals surface area contributed by atoms with Crippen LogP contribution in [0.2, 0.25) is 0 Å². The van der Waals surface area contributed by atoms with Gasteiger partial charge in [0.05, 0.1) is 13.0 Å². The monoisotopic (exact) mass is 200 g/mol. The molecular weight excluding hydrogens is 192 g/mol. The van der Waals surface area contributed by atoms with Crippen molar-refractivity contribution < 1.29 is 14.7 Å². The summed E-state index contributed by atoms with van der Waals surface area (Å²) in [7, 11) is 0. The van der Waals surface area contributed by atoms with E-state index in [0.29, 0.717) is 18.3 Å². The SMILES string of the molecule is O=C(O)C[C@H]1SC2=NCCN2C1=O. The van der Waals surface area contributed by atoms with E-state index in [1.807, 2.05) is 0 Å². The molecule has 0 aromatic heterocycles. The lowest BCUT2D eigenvalue weighted by Crippen LogP contribution is -2.31. The summed E-state index contributed by atoms with van der Waals surface area (Å²) in [6.45, 7) is 1.26. The van der Waals surface area contributed by atoms with Crippen LogP contribution in [-0.4, -0.2) is 45.4 Å². The summed E-state index contributed by atoms with van der Waals surface area (Å²) in [6, 6.07) is 0. The standard InChI is InChI=1S/C7H8N2O3S/c10-5(11)3-4-6(12)9-2-1-8-7(9)13-4/h4H,1-3H2,(H,10,11)/t4-/m1/s1. The largest absolute Gasteiger partial charge is 0.481 e. The minimum absolute atomic E-state index is 0.108. The molecule has 13 heavy (non-hydrogen) atoms. The van der Waals surface area contributed by atoms with Crippen molar-refractivity contribution >= 4 is 28.8 Å². The molecule has 70 valence electrons. The number of nitrogens with zero attached hydrogens (tertiary/aromatic N) is 2. The number of carbonyl (C=O) groups is 2. The molecular formula is C7H8N2O3S. The Labute approximate surface area is 78.8 Å². The quantitative estimate of drug-likeness (QED) is 0.668. The van der Waals surface area contributed by atoms with Crippen LogP contribution in [-0.2, 0) is 9.59 Å². The number of amides is 1. The predicted molar refractivity (Wildman–Crippen MR) is 47.6 cm³/mol. The van der Waals surface area contributed by atoms with Gasteiger partial charge in [0, 0.05) is 6.54 Å². The van der Waals surface area contributed by atoms with Crippen LogP contribution >= 0.6 is 11.8 Å². The highest BCUT2D eigenvalue weighted by molar-refractivity contribution is 8.15. The summed E-state index contributed by atoms with van der Waals surface area (Å²) in [5, 5.41) is 8.76. The molecule has 1 N–H and O–H groups in total. The topological polar surface area (TPSA) is 70.0 Å². The number of hydrogen-bond donors (Lipinski definition) is 1. The Balaban J connectivity index is 2.10. The van der Waals surface area contributed by atoms with E-state index in [1.54, 1.807) is 4.90 Å². The van der Waals surface area contributed by atoms with Crippen molar-refractivity contribution in [2.24, 2.45) is 4.99 Å². The molecule has 0 aromatic rings. The zero-order valence-electron chi connectivity index (χ0n) is 6.77. The highest BCUT2D eigenvalue weighted by atomic mass is 32.2. The van der Waals surface area contributed by atoms with Crippen LogP contribution < -0.4 is 0 Å². The van der Waals surface area contributed by atoms with Crippen LogP contribution in [0.4, 0.5) is 0 Å². The number of carbonyl (C=O) groups excluding carboxylic acids is 1. The van der Waals surface area contributed by atoms with E-state index in [0.717, 1.165) is 0 Å². The average Bonchev–Trinajstić information content (AvgIpc) is 2.56. The first-order valence-electron chi connectivity index (χ1n) is 3.93. The number of rotatable bonds is 2. The van der Waals surface area contributed by atoms with Crippen molar-refractivity contribution in [3.63, 3.8) is 0 Å². The number of thioether (sulfide) groups is 1. The van der Waals surface area contributed by atoms with Crippen LogP contribution in [0.1, 0.15) is 6.42 Å². The molecule has 5 nitrogen and oxygen atoms in total. The maximum Gasteiger partial charge on any atom is 0.305 e. The van der Waals surface area contributed by atoms with Crippen molar-refractivity contribution in [3.8, 4) is 0 Å². The number of fused-ring (bicyclic) bond motifs is 1. The maximum atomic E-state index is 11.5. The lowest BCUT2D eigenvalue weighted by atomic mass is 10.3. The van der Waals surface area contributed by atoms with E-state index in [1.165, 1.54) is 11.8 Å². The van der Waals surface area contributed by atoms with Crippen LogP contribution in [0.15, 0.2) is 4.99 Å². The zero-order chi connectivity index (χ0) is 9.42. The normalized spacial score (nSPS) is 26.2. The van der Waals surface area contributed by atoms with Gasteiger partial charge in [0.15, 0.2) is 5.17 Å². The zero-order valence-corrected chi connectivity index (χ0v) is 7.58. The summed E-state index contributed by atoms with van der Waals surface area (Å²) in [6.07, 6.45) is -0.112. The minimum Gasteiger partial charge on any atom is -0.481 e. The third kappa shape index (κ3) is 1.41. The van der Waals surface area contributed by atoms with Gasteiger partial charge >= 0.3 is 5.97 Å². The van der Waals surface area contributed by atoms with E-state index in [9.17, 15) is 9.59 Å². The first kappa shape index (κ1) is 8.55. The van der Waals surface area contributed by atoms with Gasteiger partial charge in [-0.1, -0.05) is 11.8 Å². The van der Waals surface area contributed by atoms with Gasteiger partial charge in [0.25, 0.3) is 0 Å². The Bertz CT molecular complexity index is 302. The molecule has 2 heterocycles. The Kier molecular flexibility index (Phi) is 1.99. The summed E-state index contributed by atoms with van der Waals surface area (Å²) in [4.78, 5) is 27.5. The number of carboxylic acid groups (broad SMARTS) is 1. The van der Waals surface area contributed by atoms with Crippen molar-refractivity contribution in [2.45, 2.75) is 11.7 Å². The van der Waals surface area contributed by atoms with E-state index in [4.69, 9.17) is 5.11 Å². The summed E-state index contributed by atoms with van der Waals surface area (Å²) in [5.74, 6) is -1.05. The molecule has 1 saturated heterocycles. The average molecular weight is 200 g/mol. The van der Waals surface area contributed by atoms with Gasteiger partial charge in [-0.3, -0.25) is 19.5 Å². The first-order chi connectivity index (χ1) is 6.18. The second kappa shape index (κ2) is 3.02. The molecule has 0 aromatic carbocycles. The van der Waals surface area contributed by atoms with Gasteiger partial charge in [-0.05, 0) is 0 Å². The van der Waals surface area contributed by atoms with Crippen molar-refractivity contribution in [2.75, 3.05) is 13.1 Å². The lowest BCUT2D eigenvalue weighted by Gasteiger charge is -2.07. The van der Waals surface area contributed by atoms with Gasteiger partial charge in [0.2, 0.25) is 5.91 Å². The molecule has 2 rings (SSSR count). The van der Waals surface area contributed by atoms with Crippen molar-refractivity contribution in [3.05, 3.63) is 0 Å². The summed E-state index contributed by atoms with van der Waals surface area (Å²) in [5.41, 5.74) is 0. The second-order valence-electron chi connectivity index (χ2n) is 2.86. The fourth-order valence-electron chi connectivity index (χ4n) is 1.37. The maximum absolute atomic E-state index is 11.5. The van der Waals surface area contributed by atoms with Crippen LogP contribution in [0.5, 0.6) is 0 Å². The summed E-state index contributed by atoms with van der Waals surface area (Å²) >= 11 is 1.26. The van der Waals surface area contributed by atoms with Gasteiger partial charge in [-0.15, -0.1) is 0 Å². The van der Waals surface area contributed by atoms with Crippen LogP contribution in [0.25, 0.3) is 0 Å². The van der Waals surface area contributed by atoms with Crippen molar-refractivity contribution in [1.82, 2.24) is 4.90 Å². The number of amidine groups is 1. The van der Waals surface area contributed by atoms with Crippen LogP contribution in [0, 0.1) is 0 Å². The molecule has 0 spiro atoms. The van der Waals surface area contributed by atoms with Gasteiger partial charge in [0.1, 0.15) is 5.25 Å². The summed E-state index contributed by atoms with van der Waals surface area (Å²) < 4.78 is 0. The Hall–Kier alpha value is -1.04. The van der Waals surface area contributed by atoms with E-state index < -0.39 is 11.2 Å². The van der Waals surface area contributed by atoms with E-state index in [-0.39, 0.29) is 12.3 Å². The number of carboxylic acids is 1. The smallest absolute Gasteiger partial charge is 0.305 e. The van der Waals surface area contributed by atoms with E-state index in [2.05, 4.69) is 4.99 Å². The highest BCUT2D eigenvalue weighted by Crippen LogP contribution is 2.31. The minimum atomic E-state index is -0.937. The van der Waals surface area contributed by atoms with E-state index >= 15 is 0 Å². The molecule has 1 amide bonds. The fourth-order valence-corrected chi connectivity index (χ4v) is 2.55. The molecule has 0 saturated carbocycles. The molecule has 0 bridgehead atoms. The molecule has 2 aliphatic heterocycles. The molecule has 1 fully saturated rings. The Morgan fingerprint density at radius 1 is 1.77 bits per heavy atom. The number of aliphatic imine (C=N–C) groups is 1. The Morgan fingerprint density at radius 3 is 3.15 bits per heavy atom. The highest BCUT2D eigenvalue weighted by Gasteiger charge is 2.40. The van der Waals surface area contributed by atoms with Gasteiger partial charge < -0.3 is 5.11 Å². The third-order valence-electron chi connectivity index (χ3n) is 1.95. The fraction of sp³-hybridized carbons (Fsp3) is 0.571. The lowest BCUT2D eigenvalue weighted by molar-refractivity contribution is -0.139. The second-order valence-corrected chi connectivity index (χ2v) is 4.03. The van der Waals surface area contributed by atoms with Crippen LogP contribution in [0.3, 0.4) is 0 Å². The van der Waals surface area contributed by atoms with Crippen molar-refractivity contribution in [1.29, 1.82) is 0 Å².